The molecule has 4 rings (SSSR count). The standard InChI is InChI=1S/C22H22N4/c1-3-9-19-17(7-1)15-25-21-11-5-6-12-22(21)26-16-18-8-2-4-10-20(18)24-14-13-23-19/h1-12,15,23-24,26H,13-14,16H2. The highest BCUT2D eigenvalue weighted by atomic mass is 15.0. The van der Waals surface area contributed by atoms with Gasteiger partial charge in [-0.05, 0) is 29.8 Å². The van der Waals surface area contributed by atoms with Gasteiger partial charge >= 0.3 is 0 Å². The molecule has 0 saturated heterocycles. The second-order valence-electron chi connectivity index (χ2n) is 6.23. The van der Waals surface area contributed by atoms with Crippen LogP contribution >= 0.6 is 0 Å². The summed E-state index contributed by atoms with van der Waals surface area (Å²) in [5.41, 5.74) is 6.54. The third-order valence-electron chi connectivity index (χ3n) is 4.45. The first-order chi connectivity index (χ1) is 12.9. The predicted molar refractivity (Wildman–Crippen MR) is 111 cm³/mol. The highest BCUT2D eigenvalue weighted by Gasteiger charge is 2.06. The van der Waals surface area contributed by atoms with Crippen molar-refractivity contribution < 1.29 is 0 Å². The molecule has 0 aliphatic carbocycles. The zero-order chi connectivity index (χ0) is 17.6. The lowest BCUT2D eigenvalue weighted by Gasteiger charge is -2.16. The van der Waals surface area contributed by atoms with E-state index in [1.54, 1.807) is 0 Å². The SMILES string of the molecule is C1=Nc2ccccc2NCc2ccccc2NCCNc2ccccc21. The Morgan fingerprint density at radius 1 is 0.615 bits per heavy atom. The van der Waals surface area contributed by atoms with E-state index in [9.17, 15) is 0 Å². The smallest absolute Gasteiger partial charge is 0.0861 e. The fourth-order valence-electron chi connectivity index (χ4n) is 3.08. The van der Waals surface area contributed by atoms with Crippen LogP contribution in [0.2, 0.25) is 0 Å². The van der Waals surface area contributed by atoms with Crippen molar-refractivity contribution in [1.29, 1.82) is 0 Å². The Hall–Kier alpha value is -3.27. The van der Waals surface area contributed by atoms with Crippen molar-refractivity contribution in [2.75, 3.05) is 29.0 Å². The van der Waals surface area contributed by atoms with Crippen LogP contribution < -0.4 is 16.0 Å². The minimum Gasteiger partial charge on any atom is -0.383 e. The number of nitrogens with one attached hydrogen (secondary N) is 3. The van der Waals surface area contributed by atoms with Crippen LogP contribution in [0.5, 0.6) is 0 Å². The number of aliphatic imine (C=N–C) groups is 1. The molecule has 130 valence electrons. The second kappa shape index (κ2) is 7.74. The first-order valence-corrected chi connectivity index (χ1v) is 8.92. The molecule has 0 radical (unpaired) electrons. The van der Waals surface area contributed by atoms with Crippen LogP contribution in [-0.4, -0.2) is 19.3 Å². The van der Waals surface area contributed by atoms with Gasteiger partial charge in [0.2, 0.25) is 0 Å². The first kappa shape index (κ1) is 16.2. The normalized spacial score (nSPS) is 13.7. The molecule has 0 atom stereocenters. The maximum Gasteiger partial charge on any atom is 0.0861 e. The Bertz CT molecular complexity index is 917. The van der Waals surface area contributed by atoms with Crippen molar-refractivity contribution in [2.45, 2.75) is 6.54 Å². The zero-order valence-electron chi connectivity index (χ0n) is 14.6. The van der Waals surface area contributed by atoms with Crippen LogP contribution in [0.4, 0.5) is 22.7 Å². The Balaban J connectivity index is 1.71. The minimum absolute atomic E-state index is 0.750. The molecule has 0 amide bonds. The average molecular weight is 342 g/mol. The van der Waals surface area contributed by atoms with Crippen molar-refractivity contribution in [3.8, 4) is 0 Å². The maximum atomic E-state index is 4.73. The molecule has 0 bridgehead atoms. The number of rotatable bonds is 0. The van der Waals surface area contributed by atoms with E-state index in [1.165, 1.54) is 5.56 Å². The Morgan fingerprint density at radius 3 is 2.15 bits per heavy atom. The van der Waals surface area contributed by atoms with E-state index < -0.39 is 0 Å². The summed E-state index contributed by atoms with van der Waals surface area (Å²) in [5.74, 6) is 0. The van der Waals surface area contributed by atoms with Crippen LogP contribution in [-0.2, 0) is 6.54 Å². The fraction of sp³-hybridized carbons (Fsp3) is 0.136. The van der Waals surface area contributed by atoms with Gasteiger partial charge in [-0.25, -0.2) is 0 Å². The van der Waals surface area contributed by atoms with Gasteiger partial charge in [-0.2, -0.15) is 0 Å². The topological polar surface area (TPSA) is 48.5 Å². The van der Waals surface area contributed by atoms with Gasteiger partial charge < -0.3 is 16.0 Å². The highest BCUT2D eigenvalue weighted by Crippen LogP contribution is 2.26. The largest absolute Gasteiger partial charge is 0.383 e. The number of anilines is 3. The van der Waals surface area contributed by atoms with E-state index in [1.807, 2.05) is 36.5 Å². The van der Waals surface area contributed by atoms with Crippen molar-refractivity contribution in [1.82, 2.24) is 0 Å². The van der Waals surface area contributed by atoms with E-state index in [2.05, 4.69) is 58.4 Å². The molecule has 26 heavy (non-hydrogen) atoms. The van der Waals surface area contributed by atoms with E-state index in [0.717, 1.165) is 47.9 Å². The molecule has 1 heterocycles. The number of hydrogen-bond acceptors (Lipinski definition) is 4. The molecular formula is C22H22N4. The summed E-state index contributed by atoms with van der Waals surface area (Å²) < 4.78 is 0. The minimum atomic E-state index is 0.750. The summed E-state index contributed by atoms with van der Waals surface area (Å²) in [4.78, 5) is 4.73. The Labute approximate surface area is 154 Å². The third kappa shape index (κ3) is 3.70. The molecule has 1 aliphatic heterocycles. The number of benzene rings is 3. The molecule has 3 aromatic rings. The van der Waals surface area contributed by atoms with Crippen LogP contribution in [0.3, 0.4) is 0 Å². The Kier molecular flexibility index (Phi) is 4.83. The predicted octanol–water partition coefficient (Wildman–Crippen LogP) is 4.89. The summed E-state index contributed by atoms with van der Waals surface area (Å²) in [6.07, 6.45) is 1.93. The molecular weight excluding hydrogens is 320 g/mol. The summed E-state index contributed by atoms with van der Waals surface area (Å²) in [7, 11) is 0. The first-order valence-electron chi connectivity index (χ1n) is 8.92. The lowest BCUT2D eigenvalue weighted by Crippen LogP contribution is -2.16. The van der Waals surface area contributed by atoms with E-state index in [4.69, 9.17) is 4.99 Å². The third-order valence-corrected chi connectivity index (χ3v) is 4.45. The molecule has 3 aromatic carbocycles. The molecule has 4 nitrogen and oxygen atoms in total. The van der Waals surface area contributed by atoms with Crippen LogP contribution in [0.1, 0.15) is 11.1 Å². The van der Waals surface area contributed by atoms with E-state index in [-0.39, 0.29) is 0 Å². The van der Waals surface area contributed by atoms with Crippen LogP contribution in [0.25, 0.3) is 0 Å². The second-order valence-corrected chi connectivity index (χ2v) is 6.23. The van der Waals surface area contributed by atoms with Gasteiger partial charge in [-0.3, -0.25) is 4.99 Å². The monoisotopic (exact) mass is 342 g/mol. The number of nitrogens with zero attached hydrogens (tertiary/aromatic N) is 1. The van der Waals surface area contributed by atoms with Crippen LogP contribution in [0.15, 0.2) is 77.8 Å². The number of hydrogen-bond donors (Lipinski definition) is 3. The van der Waals surface area contributed by atoms with Gasteiger partial charge in [-0.15, -0.1) is 0 Å². The fourth-order valence-corrected chi connectivity index (χ4v) is 3.08. The molecule has 0 unspecified atom stereocenters. The molecule has 0 spiro atoms. The quantitative estimate of drug-likeness (QED) is 0.545. The van der Waals surface area contributed by atoms with Gasteiger partial charge in [0.1, 0.15) is 0 Å². The average Bonchev–Trinajstić information content (AvgIpc) is 2.69. The van der Waals surface area contributed by atoms with Gasteiger partial charge in [0.15, 0.2) is 0 Å². The van der Waals surface area contributed by atoms with Crippen molar-refractivity contribution in [3.63, 3.8) is 0 Å². The molecule has 4 heteroatoms. The molecule has 0 aromatic heterocycles. The van der Waals surface area contributed by atoms with Gasteiger partial charge in [0, 0.05) is 42.8 Å². The maximum absolute atomic E-state index is 4.73. The summed E-state index contributed by atoms with van der Waals surface area (Å²) in [6.45, 7) is 2.43. The lowest BCUT2D eigenvalue weighted by molar-refractivity contribution is 1.06. The van der Waals surface area contributed by atoms with Crippen LogP contribution in [0, 0.1) is 0 Å². The van der Waals surface area contributed by atoms with Gasteiger partial charge in [-0.1, -0.05) is 48.5 Å². The van der Waals surface area contributed by atoms with E-state index >= 15 is 0 Å². The summed E-state index contributed by atoms with van der Waals surface area (Å²) >= 11 is 0. The number of fused-ring (bicyclic) bond motifs is 3. The molecule has 0 fully saturated rings. The van der Waals surface area contributed by atoms with Crippen molar-refractivity contribution in [2.24, 2.45) is 4.99 Å². The molecule has 1 aliphatic rings. The summed E-state index contributed by atoms with van der Waals surface area (Å²) in [6, 6.07) is 24.8. The van der Waals surface area contributed by atoms with Crippen molar-refractivity contribution >= 4 is 29.0 Å². The summed E-state index contributed by atoms with van der Waals surface area (Å²) in [5, 5.41) is 10.6. The van der Waals surface area contributed by atoms with E-state index in [0.29, 0.717) is 0 Å². The Morgan fingerprint density at radius 2 is 1.27 bits per heavy atom. The van der Waals surface area contributed by atoms with Crippen molar-refractivity contribution in [3.05, 3.63) is 83.9 Å². The molecule has 3 N–H and O–H groups in total. The molecule has 0 saturated carbocycles. The van der Waals surface area contributed by atoms with Gasteiger partial charge in [0.05, 0.1) is 11.4 Å². The zero-order valence-corrected chi connectivity index (χ0v) is 14.6. The highest BCUT2D eigenvalue weighted by molar-refractivity contribution is 5.90. The lowest BCUT2D eigenvalue weighted by atomic mass is 10.1. The number of para-hydroxylation sites is 4. The van der Waals surface area contributed by atoms with Gasteiger partial charge in [0.25, 0.3) is 0 Å².